The van der Waals surface area contributed by atoms with Crippen molar-refractivity contribution in [3.63, 3.8) is 0 Å². The highest BCUT2D eigenvalue weighted by molar-refractivity contribution is 8.27. The summed E-state index contributed by atoms with van der Waals surface area (Å²) in [6.45, 7) is 0. The molecule has 0 spiro atoms. The van der Waals surface area contributed by atoms with Gasteiger partial charge in [0.1, 0.15) is 0 Å². The Kier molecular flexibility index (Phi) is 4.66. The van der Waals surface area contributed by atoms with Crippen LogP contribution in [0.15, 0.2) is 64.4 Å². The molecule has 1 fully saturated rings. The SMILES string of the molecule is CSc1ccc(/C=C2/SC(=S)N(c3ccccc3)C2=O)cc1. The summed E-state index contributed by atoms with van der Waals surface area (Å²) in [5.74, 6) is -0.0601. The maximum absolute atomic E-state index is 12.6. The van der Waals surface area contributed by atoms with Crippen LogP contribution in [0.2, 0.25) is 0 Å². The second kappa shape index (κ2) is 6.69. The number of hydrogen-bond donors (Lipinski definition) is 0. The number of thiocarbonyl (C=S) groups is 1. The van der Waals surface area contributed by atoms with Crippen LogP contribution in [0.3, 0.4) is 0 Å². The van der Waals surface area contributed by atoms with E-state index >= 15 is 0 Å². The van der Waals surface area contributed by atoms with Crippen molar-refractivity contribution in [2.75, 3.05) is 11.2 Å². The molecule has 0 aliphatic carbocycles. The van der Waals surface area contributed by atoms with E-state index in [0.29, 0.717) is 9.23 Å². The van der Waals surface area contributed by atoms with Crippen molar-refractivity contribution in [1.82, 2.24) is 0 Å². The minimum Gasteiger partial charge on any atom is -0.268 e. The largest absolute Gasteiger partial charge is 0.270 e. The molecule has 0 unspecified atom stereocenters. The fourth-order valence-electron chi connectivity index (χ4n) is 2.12. The molecule has 1 aliphatic rings. The summed E-state index contributed by atoms with van der Waals surface area (Å²) in [6.07, 6.45) is 3.94. The van der Waals surface area contributed by atoms with Crippen LogP contribution in [0.1, 0.15) is 5.56 Å². The van der Waals surface area contributed by atoms with E-state index in [2.05, 4.69) is 12.1 Å². The van der Waals surface area contributed by atoms with Crippen molar-refractivity contribution in [2.24, 2.45) is 0 Å². The molecule has 0 bridgehead atoms. The predicted octanol–water partition coefficient (Wildman–Crippen LogP) is 4.81. The van der Waals surface area contributed by atoms with Gasteiger partial charge in [-0.05, 0) is 42.2 Å². The number of nitrogens with zero attached hydrogens (tertiary/aromatic N) is 1. The van der Waals surface area contributed by atoms with Crippen molar-refractivity contribution < 1.29 is 4.79 Å². The van der Waals surface area contributed by atoms with Crippen LogP contribution in [0, 0.1) is 0 Å². The molecule has 3 rings (SSSR count). The molecule has 1 saturated heterocycles. The van der Waals surface area contributed by atoms with Crippen LogP contribution in [0.4, 0.5) is 5.69 Å². The molecule has 0 atom stereocenters. The smallest absolute Gasteiger partial charge is 0.268 e. The van der Waals surface area contributed by atoms with Gasteiger partial charge in [-0.3, -0.25) is 9.69 Å². The number of benzene rings is 2. The van der Waals surface area contributed by atoms with Gasteiger partial charge in [0.25, 0.3) is 5.91 Å². The first-order valence-corrected chi connectivity index (χ1v) is 9.11. The highest BCUT2D eigenvalue weighted by Gasteiger charge is 2.33. The van der Waals surface area contributed by atoms with Crippen molar-refractivity contribution in [2.45, 2.75) is 4.90 Å². The number of amides is 1. The third kappa shape index (κ3) is 3.11. The van der Waals surface area contributed by atoms with Gasteiger partial charge in [-0.1, -0.05) is 54.3 Å². The number of anilines is 1. The lowest BCUT2D eigenvalue weighted by atomic mass is 10.2. The highest BCUT2D eigenvalue weighted by Crippen LogP contribution is 2.35. The Morgan fingerprint density at radius 2 is 1.77 bits per heavy atom. The zero-order chi connectivity index (χ0) is 15.5. The Bertz CT molecular complexity index is 738. The molecule has 0 N–H and O–H groups in total. The third-order valence-electron chi connectivity index (χ3n) is 3.22. The van der Waals surface area contributed by atoms with E-state index in [-0.39, 0.29) is 5.91 Å². The molecular formula is C17H13NOS3. The standard InChI is InChI=1S/C17H13NOS3/c1-21-14-9-7-12(8-10-14)11-15-16(19)18(17(20)22-15)13-5-3-2-4-6-13/h2-11H,1H3/b15-11+. The molecule has 2 aromatic rings. The van der Waals surface area contributed by atoms with Crippen molar-refractivity contribution in [1.29, 1.82) is 0 Å². The maximum Gasteiger partial charge on any atom is 0.270 e. The first-order chi connectivity index (χ1) is 10.7. The summed E-state index contributed by atoms with van der Waals surface area (Å²) in [5, 5.41) is 0. The van der Waals surface area contributed by atoms with Crippen molar-refractivity contribution >= 4 is 57.7 Å². The van der Waals surface area contributed by atoms with E-state index in [1.54, 1.807) is 16.7 Å². The van der Waals surface area contributed by atoms with Crippen molar-refractivity contribution in [3.8, 4) is 0 Å². The van der Waals surface area contributed by atoms with Gasteiger partial charge in [-0.2, -0.15) is 0 Å². The lowest BCUT2D eigenvalue weighted by Crippen LogP contribution is -2.27. The highest BCUT2D eigenvalue weighted by atomic mass is 32.2. The Labute approximate surface area is 143 Å². The molecule has 0 aromatic heterocycles. The quantitative estimate of drug-likeness (QED) is 0.452. The van der Waals surface area contributed by atoms with Crippen molar-refractivity contribution in [3.05, 3.63) is 65.1 Å². The van der Waals surface area contributed by atoms with E-state index in [0.717, 1.165) is 11.3 Å². The van der Waals surface area contributed by atoms with Gasteiger partial charge in [-0.15, -0.1) is 11.8 Å². The van der Waals surface area contributed by atoms with Gasteiger partial charge in [0, 0.05) is 4.90 Å². The molecule has 1 aliphatic heterocycles. The zero-order valence-corrected chi connectivity index (χ0v) is 14.3. The monoisotopic (exact) mass is 343 g/mol. The first-order valence-electron chi connectivity index (χ1n) is 6.66. The van der Waals surface area contributed by atoms with E-state index in [9.17, 15) is 4.79 Å². The number of para-hydroxylation sites is 1. The van der Waals surface area contributed by atoms with Crippen LogP contribution < -0.4 is 4.90 Å². The van der Waals surface area contributed by atoms with Gasteiger partial charge in [0.15, 0.2) is 4.32 Å². The Morgan fingerprint density at radius 3 is 2.41 bits per heavy atom. The zero-order valence-electron chi connectivity index (χ0n) is 11.9. The second-order valence-corrected chi connectivity index (χ2v) is 7.18. The van der Waals surface area contributed by atoms with Gasteiger partial charge in [0.05, 0.1) is 10.6 Å². The Hall–Kier alpha value is -1.56. The molecule has 0 radical (unpaired) electrons. The average Bonchev–Trinajstić information content (AvgIpc) is 2.83. The maximum atomic E-state index is 12.6. The summed E-state index contributed by atoms with van der Waals surface area (Å²) < 4.78 is 0.572. The van der Waals surface area contributed by atoms with Gasteiger partial charge >= 0.3 is 0 Å². The molecule has 110 valence electrons. The number of carbonyl (C=O) groups is 1. The number of thioether (sulfide) groups is 2. The van der Waals surface area contributed by atoms with Crippen LogP contribution in [-0.4, -0.2) is 16.5 Å². The Balaban J connectivity index is 1.88. The molecule has 22 heavy (non-hydrogen) atoms. The van der Waals surface area contributed by atoms with E-state index in [4.69, 9.17) is 12.2 Å². The fourth-order valence-corrected chi connectivity index (χ4v) is 3.83. The molecule has 2 nitrogen and oxygen atoms in total. The number of carbonyl (C=O) groups excluding carboxylic acids is 1. The summed E-state index contributed by atoms with van der Waals surface area (Å²) in [5.41, 5.74) is 1.82. The topological polar surface area (TPSA) is 20.3 Å². The van der Waals surface area contributed by atoms with Crippen LogP contribution in [0.25, 0.3) is 6.08 Å². The van der Waals surface area contributed by atoms with E-state index in [1.165, 1.54) is 16.7 Å². The molecule has 2 aromatic carbocycles. The minimum absolute atomic E-state index is 0.0601. The molecule has 0 saturated carbocycles. The number of rotatable bonds is 3. The van der Waals surface area contributed by atoms with Crippen LogP contribution in [-0.2, 0) is 4.79 Å². The lowest BCUT2D eigenvalue weighted by molar-refractivity contribution is -0.113. The molecular weight excluding hydrogens is 330 g/mol. The van der Waals surface area contributed by atoms with Gasteiger partial charge in [0.2, 0.25) is 0 Å². The average molecular weight is 343 g/mol. The van der Waals surface area contributed by atoms with Gasteiger partial charge < -0.3 is 0 Å². The number of hydrogen-bond acceptors (Lipinski definition) is 4. The summed E-state index contributed by atoms with van der Waals surface area (Å²) in [4.78, 5) is 16.0. The van der Waals surface area contributed by atoms with E-state index in [1.807, 2.05) is 54.8 Å². The van der Waals surface area contributed by atoms with Gasteiger partial charge in [-0.25, -0.2) is 0 Å². The summed E-state index contributed by atoms with van der Waals surface area (Å²) >= 11 is 8.40. The van der Waals surface area contributed by atoms with Crippen LogP contribution >= 0.6 is 35.7 Å². The molecule has 5 heteroatoms. The predicted molar refractivity (Wildman–Crippen MR) is 100 cm³/mol. The molecule has 1 heterocycles. The minimum atomic E-state index is -0.0601. The second-order valence-electron chi connectivity index (χ2n) is 4.63. The third-order valence-corrected chi connectivity index (χ3v) is 5.27. The first kappa shape index (κ1) is 15.3. The van der Waals surface area contributed by atoms with E-state index < -0.39 is 0 Å². The summed E-state index contributed by atoms with van der Waals surface area (Å²) in [7, 11) is 0. The molecule has 1 amide bonds. The van der Waals surface area contributed by atoms with Crippen LogP contribution in [0.5, 0.6) is 0 Å². The Morgan fingerprint density at radius 1 is 1.09 bits per heavy atom. The lowest BCUT2D eigenvalue weighted by Gasteiger charge is -2.13. The summed E-state index contributed by atoms with van der Waals surface area (Å²) in [6, 6.07) is 17.6. The normalized spacial score (nSPS) is 16.6. The fraction of sp³-hybridized carbons (Fsp3) is 0.0588.